The number of aliphatic hydroxyl groups excluding tert-OH is 1. The summed E-state index contributed by atoms with van der Waals surface area (Å²) in [6.45, 7) is 6.73. The van der Waals surface area contributed by atoms with Gasteiger partial charge in [0.25, 0.3) is 11.6 Å². The fourth-order valence-corrected chi connectivity index (χ4v) is 5.49. The number of nitro groups is 1. The van der Waals surface area contributed by atoms with Gasteiger partial charge in [-0.2, -0.15) is 4.37 Å². The van der Waals surface area contributed by atoms with Gasteiger partial charge >= 0.3 is 11.9 Å². The van der Waals surface area contributed by atoms with Crippen LogP contribution in [0.25, 0.3) is 0 Å². The van der Waals surface area contributed by atoms with E-state index in [1.807, 2.05) is 4.90 Å². The van der Waals surface area contributed by atoms with Gasteiger partial charge in [-0.1, -0.05) is 12.1 Å². The molecule has 1 saturated heterocycles. The summed E-state index contributed by atoms with van der Waals surface area (Å²) < 4.78 is 30.1. The van der Waals surface area contributed by atoms with Crippen LogP contribution >= 0.6 is 11.7 Å². The highest BCUT2D eigenvalue weighted by Crippen LogP contribution is 2.40. The second-order valence-corrected chi connectivity index (χ2v) is 10.7. The molecule has 2 aliphatic rings. The van der Waals surface area contributed by atoms with Crippen molar-refractivity contribution in [3.05, 3.63) is 62.5 Å². The van der Waals surface area contributed by atoms with Gasteiger partial charge < -0.3 is 39.6 Å². The fourth-order valence-electron chi connectivity index (χ4n) is 4.97. The number of allylic oxidation sites excluding steroid dienone is 2. The number of benzene rings is 1. The number of methoxy groups -OCH3 is 1. The first-order valence-corrected chi connectivity index (χ1v) is 14.8. The molecule has 0 radical (unpaired) electrons. The van der Waals surface area contributed by atoms with Gasteiger partial charge in [0.15, 0.2) is 0 Å². The summed E-state index contributed by atoms with van der Waals surface area (Å²) >= 11 is 1.05. The topological polar surface area (TPSA) is 188 Å². The van der Waals surface area contributed by atoms with Crippen molar-refractivity contribution < 1.29 is 38.6 Å². The predicted octanol–water partition coefficient (Wildman–Crippen LogP) is 1.65. The molecule has 0 aliphatic carbocycles. The van der Waals surface area contributed by atoms with Crippen LogP contribution in [-0.4, -0.2) is 96.5 Å². The molecule has 0 bridgehead atoms. The monoisotopic (exact) mass is 632 g/mol. The van der Waals surface area contributed by atoms with E-state index in [0.717, 1.165) is 11.7 Å². The van der Waals surface area contributed by atoms with Gasteiger partial charge in [-0.05, 0) is 32.4 Å². The van der Waals surface area contributed by atoms with Crippen molar-refractivity contribution in [1.82, 2.24) is 19.4 Å². The number of esters is 2. The molecule has 15 nitrogen and oxygen atoms in total. The molecular formula is C28H36N6O9S. The summed E-state index contributed by atoms with van der Waals surface area (Å²) in [4.78, 5) is 39.0. The highest BCUT2D eigenvalue weighted by molar-refractivity contribution is 6.99. The van der Waals surface area contributed by atoms with E-state index in [4.69, 9.17) is 18.9 Å². The first-order valence-electron chi connectivity index (χ1n) is 14.1. The molecule has 3 N–H and O–H groups in total. The Balaban J connectivity index is 1.28. The van der Waals surface area contributed by atoms with Crippen LogP contribution in [0.3, 0.4) is 0 Å². The summed E-state index contributed by atoms with van der Waals surface area (Å²) in [5, 5.41) is 27.9. The lowest BCUT2D eigenvalue weighted by atomic mass is 9.80. The molecular weight excluding hydrogens is 596 g/mol. The molecule has 1 fully saturated rings. The number of anilines is 1. The standard InChI is InChI=1S/C28H36N6O9S/c1-17-22(27(36)40-3)24(19-6-4-7-20(14-19)34(38)39)23(18(2)30-17)28(37)42-11-5-8-29-15-21(35)16-43-26-25(31-44-32-26)33-9-12-41-13-10-33/h4,6-7,14,21,24,29-30,35H,5,8-13,15-16H2,1-3H3. The molecule has 16 heteroatoms. The molecule has 2 atom stereocenters. The Bertz CT molecular complexity index is 1410. The van der Waals surface area contributed by atoms with E-state index in [-0.39, 0.29) is 36.6 Å². The lowest BCUT2D eigenvalue weighted by molar-refractivity contribution is -0.384. The van der Waals surface area contributed by atoms with E-state index in [0.29, 0.717) is 67.9 Å². The molecule has 1 aromatic carbocycles. The Hall–Kier alpha value is -4.12. The fraction of sp³-hybridized carbons (Fsp3) is 0.500. The normalized spacial score (nSPS) is 17.6. The maximum atomic E-state index is 13.3. The Labute approximate surface area is 258 Å². The number of non-ortho nitro benzene ring substituents is 1. The van der Waals surface area contributed by atoms with Crippen molar-refractivity contribution in [1.29, 1.82) is 0 Å². The van der Waals surface area contributed by atoms with Crippen molar-refractivity contribution in [2.24, 2.45) is 0 Å². The predicted molar refractivity (Wildman–Crippen MR) is 159 cm³/mol. The van der Waals surface area contributed by atoms with Gasteiger partial charge in [-0.3, -0.25) is 10.1 Å². The van der Waals surface area contributed by atoms with Crippen LogP contribution in [0.15, 0.2) is 46.8 Å². The average molecular weight is 633 g/mol. The van der Waals surface area contributed by atoms with Gasteiger partial charge in [-0.15, -0.1) is 4.37 Å². The van der Waals surface area contributed by atoms with E-state index < -0.39 is 28.9 Å². The number of hydrogen-bond donors (Lipinski definition) is 3. The number of nitro benzene ring substituents is 1. The Morgan fingerprint density at radius 3 is 2.66 bits per heavy atom. The highest BCUT2D eigenvalue weighted by atomic mass is 32.1. The number of aromatic nitrogens is 2. The molecule has 238 valence electrons. The van der Waals surface area contributed by atoms with Crippen molar-refractivity contribution in [3.8, 4) is 5.88 Å². The smallest absolute Gasteiger partial charge is 0.336 e. The second-order valence-electron chi connectivity index (χ2n) is 10.1. The molecule has 3 heterocycles. The lowest BCUT2D eigenvalue weighted by Gasteiger charge is -2.30. The zero-order chi connectivity index (χ0) is 31.6. The Morgan fingerprint density at radius 1 is 1.23 bits per heavy atom. The summed E-state index contributed by atoms with van der Waals surface area (Å²) in [5.41, 5.74) is 1.46. The number of rotatable bonds is 14. The van der Waals surface area contributed by atoms with Gasteiger partial charge in [0, 0.05) is 43.2 Å². The molecule has 2 aliphatic heterocycles. The minimum absolute atomic E-state index is 0.0274. The van der Waals surface area contributed by atoms with Crippen molar-refractivity contribution >= 4 is 35.2 Å². The molecule has 0 amide bonds. The van der Waals surface area contributed by atoms with Crippen LogP contribution in [-0.2, 0) is 23.8 Å². The minimum atomic E-state index is -0.930. The van der Waals surface area contributed by atoms with Crippen LogP contribution in [0, 0.1) is 10.1 Å². The van der Waals surface area contributed by atoms with Gasteiger partial charge in [0.05, 0.1) is 60.6 Å². The number of aliphatic hydroxyl groups is 1. The van der Waals surface area contributed by atoms with Crippen LogP contribution in [0.4, 0.5) is 11.5 Å². The zero-order valence-electron chi connectivity index (χ0n) is 24.7. The van der Waals surface area contributed by atoms with Crippen LogP contribution in [0.1, 0.15) is 31.7 Å². The summed E-state index contributed by atoms with van der Waals surface area (Å²) in [6, 6.07) is 5.79. The maximum absolute atomic E-state index is 13.3. The summed E-state index contributed by atoms with van der Waals surface area (Å²) in [7, 11) is 1.23. The van der Waals surface area contributed by atoms with Crippen molar-refractivity contribution in [2.45, 2.75) is 32.3 Å². The van der Waals surface area contributed by atoms with E-state index in [9.17, 15) is 24.8 Å². The summed E-state index contributed by atoms with van der Waals surface area (Å²) in [6.07, 6.45) is -0.364. The second kappa shape index (κ2) is 15.6. The molecule has 2 aromatic rings. The van der Waals surface area contributed by atoms with Gasteiger partial charge in [-0.25, -0.2) is 9.59 Å². The molecule has 44 heavy (non-hydrogen) atoms. The van der Waals surface area contributed by atoms with Crippen LogP contribution in [0.5, 0.6) is 5.88 Å². The van der Waals surface area contributed by atoms with Crippen LogP contribution in [0.2, 0.25) is 0 Å². The van der Waals surface area contributed by atoms with Crippen LogP contribution < -0.4 is 20.3 Å². The number of morpholine rings is 1. The number of carbonyl (C=O) groups is 2. The van der Waals surface area contributed by atoms with Gasteiger partial charge in [0.1, 0.15) is 12.7 Å². The number of carbonyl (C=O) groups excluding carboxylic acids is 2. The Kier molecular flexibility index (Phi) is 11.6. The molecule has 0 spiro atoms. The number of nitrogens with one attached hydrogen (secondary N) is 2. The molecule has 4 rings (SSSR count). The first kappa shape index (κ1) is 32.8. The highest BCUT2D eigenvalue weighted by Gasteiger charge is 2.38. The largest absolute Gasteiger partial charge is 0.472 e. The van der Waals surface area contributed by atoms with E-state index in [1.54, 1.807) is 19.9 Å². The zero-order valence-corrected chi connectivity index (χ0v) is 25.6. The number of nitrogens with zero attached hydrogens (tertiary/aromatic N) is 4. The number of ether oxygens (including phenoxy) is 4. The van der Waals surface area contributed by atoms with Crippen molar-refractivity contribution in [2.75, 3.05) is 64.6 Å². The van der Waals surface area contributed by atoms with E-state index in [2.05, 4.69) is 19.4 Å². The molecule has 2 unspecified atom stereocenters. The summed E-state index contributed by atoms with van der Waals surface area (Å²) in [5.74, 6) is -1.23. The maximum Gasteiger partial charge on any atom is 0.336 e. The SMILES string of the molecule is COC(=O)C1=C(C)NC(C)=C(C(=O)OCCCNCC(O)COc2nsnc2N2CCOCC2)C1c1cccc([N+](=O)[O-])c1. The van der Waals surface area contributed by atoms with Crippen molar-refractivity contribution in [3.63, 3.8) is 0 Å². The minimum Gasteiger partial charge on any atom is -0.472 e. The third-order valence-electron chi connectivity index (χ3n) is 7.08. The lowest BCUT2D eigenvalue weighted by Crippen LogP contribution is -2.37. The quantitative estimate of drug-likeness (QED) is 0.118. The average Bonchev–Trinajstić information content (AvgIpc) is 3.50. The third-order valence-corrected chi connectivity index (χ3v) is 7.58. The van der Waals surface area contributed by atoms with E-state index >= 15 is 0 Å². The first-order chi connectivity index (χ1) is 21.2. The molecule has 0 saturated carbocycles. The Morgan fingerprint density at radius 2 is 1.95 bits per heavy atom. The van der Waals surface area contributed by atoms with Gasteiger partial charge in [0.2, 0.25) is 5.82 Å². The number of dihydropyridines is 1. The molecule has 1 aromatic heterocycles. The third kappa shape index (κ3) is 8.07. The number of hydrogen-bond acceptors (Lipinski definition) is 15. The van der Waals surface area contributed by atoms with E-state index in [1.165, 1.54) is 25.3 Å².